The fourth-order valence-electron chi connectivity index (χ4n) is 3.40. The summed E-state index contributed by atoms with van der Waals surface area (Å²) in [5.74, 6) is 0.141. The van der Waals surface area contributed by atoms with Crippen molar-refractivity contribution in [1.29, 1.82) is 0 Å². The predicted molar refractivity (Wildman–Crippen MR) is 117 cm³/mol. The van der Waals surface area contributed by atoms with Crippen LogP contribution in [0.15, 0.2) is 83.5 Å². The summed E-state index contributed by atoms with van der Waals surface area (Å²) in [4.78, 5) is 28.5. The van der Waals surface area contributed by atoms with Gasteiger partial charge in [0.15, 0.2) is 5.76 Å². The molecule has 1 aliphatic heterocycles. The van der Waals surface area contributed by atoms with Crippen LogP contribution in [0.5, 0.6) is 0 Å². The Kier molecular flexibility index (Phi) is 5.94. The molecule has 0 saturated carbocycles. The van der Waals surface area contributed by atoms with E-state index in [9.17, 15) is 9.59 Å². The maximum absolute atomic E-state index is 12.4. The molecule has 1 N–H and O–H groups in total. The summed E-state index contributed by atoms with van der Waals surface area (Å²) in [5, 5.41) is 2.87. The van der Waals surface area contributed by atoms with E-state index < -0.39 is 0 Å². The van der Waals surface area contributed by atoms with Crippen LogP contribution in [0, 0.1) is 0 Å². The highest BCUT2D eigenvalue weighted by molar-refractivity contribution is 6.02. The SMILES string of the molecule is O=C(/C=C/c1ccccc1)Nc1ccc(N2CCN(C(=O)c3ccco3)CC2)cc1. The third-order valence-corrected chi connectivity index (χ3v) is 5.03. The number of anilines is 2. The zero-order valence-corrected chi connectivity index (χ0v) is 16.5. The molecule has 1 fully saturated rings. The van der Waals surface area contributed by atoms with Crippen molar-refractivity contribution < 1.29 is 14.0 Å². The molecule has 2 amide bonds. The Morgan fingerprint density at radius 1 is 0.867 bits per heavy atom. The second-order valence-corrected chi connectivity index (χ2v) is 7.04. The highest BCUT2D eigenvalue weighted by atomic mass is 16.3. The second-order valence-electron chi connectivity index (χ2n) is 7.04. The highest BCUT2D eigenvalue weighted by Crippen LogP contribution is 2.20. The summed E-state index contributed by atoms with van der Waals surface area (Å²) in [6, 6.07) is 20.9. The fraction of sp³-hybridized carbons (Fsp3) is 0.167. The molecule has 2 heterocycles. The molecule has 0 aliphatic carbocycles. The first-order valence-electron chi connectivity index (χ1n) is 9.91. The molecule has 0 atom stereocenters. The monoisotopic (exact) mass is 401 g/mol. The fourth-order valence-corrected chi connectivity index (χ4v) is 3.40. The van der Waals surface area contributed by atoms with Gasteiger partial charge in [0.2, 0.25) is 5.91 Å². The topological polar surface area (TPSA) is 65.8 Å². The molecular weight excluding hydrogens is 378 g/mol. The largest absolute Gasteiger partial charge is 0.459 e. The summed E-state index contributed by atoms with van der Waals surface area (Å²) in [5.41, 5.74) is 2.79. The minimum absolute atomic E-state index is 0.0683. The highest BCUT2D eigenvalue weighted by Gasteiger charge is 2.23. The van der Waals surface area contributed by atoms with Crippen LogP contribution in [-0.2, 0) is 4.79 Å². The van der Waals surface area contributed by atoms with Gasteiger partial charge in [-0.15, -0.1) is 0 Å². The number of hydrogen-bond acceptors (Lipinski definition) is 4. The number of benzene rings is 2. The van der Waals surface area contributed by atoms with Crippen LogP contribution in [-0.4, -0.2) is 42.9 Å². The minimum atomic E-state index is -0.170. The molecule has 0 bridgehead atoms. The number of carbonyl (C=O) groups excluding carboxylic acids is 2. The van der Waals surface area contributed by atoms with Crippen LogP contribution in [0.25, 0.3) is 6.08 Å². The maximum atomic E-state index is 12.4. The predicted octanol–water partition coefficient (Wildman–Crippen LogP) is 3.89. The van der Waals surface area contributed by atoms with Crippen LogP contribution < -0.4 is 10.2 Å². The number of rotatable bonds is 5. The first-order valence-corrected chi connectivity index (χ1v) is 9.91. The molecule has 30 heavy (non-hydrogen) atoms. The van der Waals surface area contributed by atoms with Crippen molar-refractivity contribution >= 4 is 29.3 Å². The molecule has 3 aromatic rings. The van der Waals surface area contributed by atoms with Gasteiger partial charge >= 0.3 is 0 Å². The van der Waals surface area contributed by atoms with Crippen molar-refractivity contribution in [2.24, 2.45) is 0 Å². The molecule has 152 valence electrons. The number of piperazine rings is 1. The van der Waals surface area contributed by atoms with Crippen molar-refractivity contribution in [3.05, 3.63) is 90.4 Å². The van der Waals surface area contributed by atoms with Gasteiger partial charge in [-0.05, 0) is 48.0 Å². The van der Waals surface area contributed by atoms with Crippen LogP contribution in [0.1, 0.15) is 16.1 Å². The number of hydrogen-bond donors (Lipinski definition) is 1. The Bertz CT molecular complexity index is 1000. The molecule has 1 saturated heterocycles. The molecule has 6 nitrogen and oxygen atoms in total. The van der Waals surface area contributed by atoms with Gasteiger partial charge < -0.3 is 19.5 Å². The van der Waals surface area contributed by atoms with E-state index in [0.29, 0.717) is 18.8 Å². The van der Waals surface area contributed by atoms with Gasteiger partial charge in [0.25, 0.3) is 5.91 Å². The van der Waals surface area contributed by atoms with Crippen LogP contribution in [0.3, 0.4) is 0 Å². The summed E-state index contributed by atoms with van der Waals surface area (Å²) in [6.45, 7) is 2.78. The number of nitrogens with one attached hydrogen (secondary N) is 1. The lowest BCUT2D eigenvalue weighted by Crippen LogP contribution is -2.48. The first kappa shape index (κ1) is 19.5. The first-order chi connectivity index (χ1) is 14.7. The molecule has 6 heteroatoms. The third kappa shape index (κ3) is 4.78. The Morgan fingerprint density at radius 3 is 2.27 bits per heavy atom. The van der Waals surface area contributed by atoms with Crippen molar-refractivity contribution in [2.45, 2.75) is 0 Å². The number of furan rings is 1. The number of nitrogens with zero attached hydrogens (tertiary/aromatic N) is 2. The Balaban J connectivity index is 1.29. The molecule has 1 aliphatic rings. The van der Waals surface area contributed by atoms with E-state index in [1.54, 1.807) is 18.2 Å². The van der Waals surface area contributed by atoms with E-state index in [0.717, 1.165) is 30.0 Å². The van der Waals surface area contributed by atoms with Gasteiger partial charge in [-0.2, -0.15) is 0 Å². The van der Waals surface area contributed by atoms with Crippen molar-refractivity contribution in [3.63, 3.8) is 0 Å². The molecule has 0 spiro atoms. The summed E-state index contributed by atoms with van der Waals surface area (Å²) < 4.78 is 5.20. The summed E-state index contributed by atoms with van der Waals surface area (Å²) >= 11 is 0. The van der Waals surface area contributed by atoms with Gasteiger partial charge in [-0.3, -0.25) is 9.59 Å². The minimum Gasteiger partial charge on any atom is -0.459 e. The van der Waals surface area contributed by atoms with E-state index in [4.69, 9.17) is 4.42 Å². The molecular formula is C24H23N3O3. The molecule has 2 aromatic carbocycles. The van der Waals surface area contributed by atoms with Gasteiger partial charge in [-0.25, -0.2) is 0 Å². The number of carbonyl (C=O) groups is 2. The van der Waals surface area contributed by atoms with Crippen molar-refractivity contribution in [3.8, 4) is 0 Å². The lowest BCUT2D eigenvalue weighted by molar-refractivity contribution is -0.111. The van der Waals surface area contributed by atoms with Gasteiger partial charge in [0, 0.05) is 43.6 Å². The molecule has 0 unspecified atom stereocenters. The molecule has 1 aromatic heterocycles. The van der Waals surface area contributed by atoms with Gasteiger partial charge in [0.1, 0.15) is 0 Å². The smallest absolute Gasteiger partial charge is 0.289 e. The quantitative estimate of drug-likeness (QED) is 0.659. The van der Waals surface area contributed by atoms with Crippen LogP contribution in [0.4, 0.5) is 11.4 Å². The van der Waals surface area contributed by atoms with Gasteiger partial charge in [0.05, 0.1) is 6.26 Å². The van der Waals surface area contributed by atoms with E-state index in [2.05, 4.69) is 10.2 Å². The Morgan fingerprint density at radius 2 is 1.60 bits per heavy atom. The van der Waals surface area contributed by atoms with Crippen LogP contribution >= 0.6 is 0 Å². The average molecular weight is 401 g/mol. The van der Waals surface area contributed by atoms with Gasteiger partial charge in [-0.1, -0.05) is 30.3 Å². The maximum Gasteiger partial charge on any atom is 0.289 e. The average Bonchev–Trinajstić information content (AvgIpc) is 3.34. The van der Waals surface area contributed by atoms with Crippen molar-refractivity contribution in [1.82, 2.24) is 4.90 Å². The van der Waals surface area contributed by atoms with Crippen molar-refractivity contribution in [2.75, 3.05) is 36.4 Å². The van der Waals surface area contributed by atoms with E-state index in [1.165, 1.54) is 12.3 Å². The normalized spacial score (nSPS) is 14.1. The zero-order valence-electron chi connectivity index (χ0n) is 16.5. The Hall–Kier alpha value is -3.80. The van der Waals surface area contributed by atoms with Crippen LogP contribution in [0.2, 0.25) is 0 Å². The standard InChI is InChI=1S/C24H23N3O3/c28-23(13-8-19-5-2-1-3-6-19)25-20-9-11-21(12-10-20)26-14-16-27(17-15-26)24(29)22-7-4-18-30-22/h1-13,18H,14-17H2,(H,25,28)/b13-8+. The lowest BCUT2D eigenvalue weighted by atomic mass is 10.2. The lowest BCUT2D eigenvalue weighted by Gasteiger charge is -2.35. The second kappa shape index (κ2) is 9.13. The van der Waals surface area contributed by atoms with E-state index in [-0.39, 0.29) is 11.8 Å². The Labute approximate surface area is 175 Å². The summed E-state index contributed by atoms with van der Waals surface area (Å²) in [6.07, 6.45) is 4.83. The molecule has 0 radical (unpaired) electrons. The van der Waals surface area contributed by atoms with E-state index >= 15 is 0 Å². The molecule has 4 rings (SSSR count). The van der Waals surface area contributed by atoms with E-state index in [1.807, 2.05) is 59.5 Å². The number of amides is 2. The summed E-state index contributed by atoms with van der Waals surface area (Å²) in [7, 11) is 0. The third-order valence-electron chi connectivity index (χ3n) is 5.03. The zero-order chi connectivity index (χ0) is 20.8.